The van der Waals surface area contributed by atoms with Gasteiger partial charge in [0.15, 0.2) is 0 Å². The molecule has 0 bridgehead atoms. The Balaban J connectivity index is 2.49. The van der Waals surface area contributed by atoms with Crippen LogP contribution in [0, 0.1) is 18.8 Å². The molecular formula is C14H19N. The molecule has 0 spiro atoms. The van der Waals surface area contributed by atoms with Gasteiger partial charge in [0.2, 0.25) is 0 Å². The Kier molecular flexibility index (Phi) is 4.93. The van der Waals surface area contributed by atoms with Gasteiger partial charge in [-0.25, -0.2) is 0 Å². The van der Waals surface area contributed by atoms with Gasteiger partial charge in [-0.2, -0.15) is 0 Å². The van der Waals surface area contributed by atoms with Crippen molar-refractivity contribution < 1.29 is 0 Å². The molecule has 80 valence electrons. The average Bonchev–Trinajstić information content (AvgIpc) is 2.25. The Morgan fingerprint density at radius 2 is 2.07 bits per heavy atom. The van der Waals surface area contributed by atoms with Crippen LogP contribution in [0.1, 0.15) is 37.4 Å². The van der Waals surface area contributed by atoms with Gasteiger partial charge >= 0.3 is 0 Å². The van der Waals surface area contributed by atoms with Gasteiger partial charge < -0.3 is 5.32 Å². The van der Waals surface area contributed by atoms with Crippen molar-refractivity contribution in [1.29, 1.82) is 0 Å². The Bertz CT molecular complexity index is 357. The second-order valence-electron chi connectivity index (χ2n) is 3.71. The van der Waals surface area contributed by atoms with E-state index in [4.69, 9.17) is 0 Å². The van der Waals surface area contributed by atoms with Crippen LogP contribution >= 0.6 is 0 Å². The van der Waals surface area contributed by atoms with Crippen molar-refractivity contribution in [2.75, 3.05) is 6.54 Å². The van der Waals surface area contributed by atoms with Crippen LogP contribution in [0.4, 0.5) is 0 Å². The first-order valence-corrected chi connectivity index (χ1v) is 5.44. The van der Waals surface area contributed by atoms with Crippen LogP contribution in [-0.2, 0) is 0 Å². The maximum absolute atomic E-state index is 3.47. The lowest BCUT2D eigenvalue weighted by Gasteiger charge is -2.15. The highest BCUT2D eigenvalue weighted by Gasteiger charge is 2.05. The second-order valence-corrected chi connectivity index (χ2v) is 3.71. The van der Waals surface area contributed by atoms with E-state index in [1.165, 1.54) is 11.1 Å². The normalized spacial score (nSPS) is 11.7. The summed E-state index contributed by atoms with van der Waals surface area (Å²) in [6.45, 7) is 7.18. The molecule has 1 aromatic rings. The lowest BCUT2D eigenvalue weighted by molar-refractivity contribution is 0.581. The van der Waals surface area contributed by atoms with Gasteiger partial charge in [-0.3, -0.25) is 0 Å². The first-order chi connectivity index (χ1) is 7.25. The van der Waals surface area contributed by atoms with E-state index in [2.05, 4.69) is 55.3 Å². The molecule has 0 unspecified atom stereocenters. The maximum Gasteiger partial charge on any atom is 0.0294 e. The third-order valence-corrected chi connectivity index (χ3v) is 2.53. The van der Waals surface area contributed by atoms with Gasteiger partial charge in [0.1, 0.15) is 0 Å². The molecule has 0 aliphatic heterocycles. The van der Waals surface area contributed by atoms with Gasteiger partial charge in [-0.1, -0.05) is 24.3 Å². The molecule has 0 radical (unpaired) electrons. The molecule has 0 aliphatic carbocycles. The molecule has 1 aromatic carbocycles. The topological polar surface area (TPSA) is 12.0 Å². The molecule has 1 atom stereocenters. The fourth-order valence-corrected chi connectivity index (χ4v) is 1.66. The first-order valence-electron chi connectivity index (χ1n) is 5.44. The van der Waals surface area contributed by atoms with Gasteiger partial charge in [0.05, 0.1) is 0 Å². The minimum Gasteiger partial charge on any atom is -0.309 e. The van der Waals surface area contributed by atoms with Crippen LogP contribution in [0.3, 0.4) is 0 Å². The summed E-state index contributed by atoms with van der Waals surface area (Å²) in [5, 5.41) is 3.47. The largest absolute Gasteiger partial charge is 0.309 e. The van der Waals surface area contributed by atoms with Crippen molar-refractivity contribution in [2.24, 2.45) is 0 Å². The Hall–Kier alpha value is -1.26. The highest BCUT2D eigenvalue weighted by Crippen LogP contribution is 2.16. The highest BCUT2D eigenvalue weighted by atomic mass is 14.9. The molecule has 0 aliphatic rings. The van der Waals surface area contributed by atoms with Crippen molar-refractivity contribution >= 4 is 0 Å². The Morgan fingerprint density at radius 3 is 2.73 bits per heavy atom. The maximum atomic E-state index is 3.47. The summed E-state index contributed by atoms with van der Waals surface area (Å²) in [7, 11) is 0. The molecule has 0 heterocycles. The summed E-state index contributed by atoms with van der Waals surface area (Å²) in [6, 6.07) is 8.91. The summed E-state index contributed by atoms with van der Waals surface area (Å²) in [4.78, 5) is 0. The van der Waals surface area contributed by atoms with Crippen molar-refractivity contribution in [3.8, 4) is 11.8 Å². The predicted octanol–water partition coefficient (Wildman–Crippen LogP) is 3.06. The average molecular weight is 201 g/mol. The van der Waals surface area contributed by atoms with Crippen LogP contribution in [0.15, 0.2) is 24.3 Å². The van der Waals surface area contributed by atoms with E-state index < -0.39 is 0 Å². The van der Waals surface area contributed by atoms with Crippen LogP contribution in [-0.4, -0.2) is 6.54 Å². The zero-order valence-corrected chi connectivity index (χ0v) is 9.80. The van der Waals surface area contributed by atoms with Gasteiger partial charge in [0.25, 0.3) is 0 Å². The summed E-state index contributed by atoms with van der Waals surface area (Å²) in [5.41, 5.74) is 2.72. The van der Waals surface area contributed by atoms with Crippen molar-refractivity contribution in [3.05, 3.63) is 35.4 Å². The van der Waals surface area contributed by atoms with E-state index in [0.717, 1.165) is 13.0 Å². The molecule has 0 fully saturated rings. The monoisotopic (exact) mass is 201 g/mol. The summed E-state index contributed by atoms with van der Waals surface area (Å²) in [6.07, 6.45) is 0.923. The molecule has 1 rings (SSSR count). The standard InChI is InChI=1S/C14H19N/c1-4-5-8-11-15-13(3)14-10-7-6-9-12(14)2/h6-7,9-10,13,15H,8,11H2,1-3H3/t13-/m0/s1. The SMILES string of the molecule is CC#CCCN[C@@H](C)c1ccccc1C. The lowest BCUT2D eigenvalue weighted by atomic mass is 10.0. The number of aryl methyl sites for hydroxylation is 1. The molecule has 0 saturated heterocycles. The number of rotatable bonds is 4. The lowest BCUT2D eigenvalue weighted by Crippen LogP contribution is -2.20. The molecule has 15 heavy (non-hydrogen) atoms. The molecule has 1 nitrogen and oxygen atoms in total. The Morgan fingerprint density at radius 1 is 1.33 bits per heavy atom. The number of hydrogen-bond donors (Lipinski definition) is 1. The third kappa shape index (κ3) is 3.77. The van der Waals surface area contributed by atoms with E-state index in [9.17, 15) is 0 Å². The van der Waals surface area contributed by atoms with E-state index in [-0.39, 0.29) is 0 Å². The van der Waals surface area contributed by atoms with Gasteiger partial charge in [-0.15, -0.1) is 11.8 Å². The Labute approximate surface area is 92.9 Å². The van der Waals surface area contributed by atoms with E-state index in [1.807, 2.05) is 6.92 Å². The molecule has 0 amide bonds. The first kappa shape index (κ1) is 11.8. The number of hydrogen-bond acceptors (Lipinski definition) is 1. The highest BCUT2D eigenvalue weighted by molar-refractivity contribution is 5.28. The summed E-state index contributed by atoms with van der Waals surface area (Å²) < 4.78 is 0. The van der Waals surface area contributed by atoms with E-state index >= 15 is 0 Å². The smallest absolute Gasteiger partial charge is 0.0294 e. The quantitative estimate of drug-likeness (QED) is 0.583. The zero-order chi connectivity index (χ0) is 11.1. The number of nitrogens with one attached hydrogen (secondary N) is 1. The van der Waals surface area contributed by atoms with Crippen molar-refractivity contribution in [2.45, 2.75) is 33.2 Å². The van der Waals surface area contributed by atoms with Crippen LogP contribution in [0.5, 0.6) is 0 Å². The van der Waals surface area contributed by atoms with Crippen molar-refractivity contribution in [3.63, 3.8) is 0 Å². The molecule has 0 aromatic heterocycles. The van der Waals surface area contributed by atoms with Crippen molar-refractivity contribution in [1.82, 2.24) is 5.32 Å². The van der Waals surface area contributed by atoms with Crippen LogP contribution in [0.2, 0.25) is 0 Å². The fourth-order valence-electron chi connectivity index (χ4n) is 1.66. The van der Waals surface area contributed by atoms with Gasteiger partial charge in [-0.05, 0) is 31.9 Å². The summed E-state index contributed by atoms with van der Waals surface area (Å²) in [5.74, 6) is 5.96. The van der Waals surface area contributed by atoms with E-state index in [1.54, 1.807) is 0 Å². The predicted molar refractivity (Wildman–Crippen MR) is 65.7 cm³/mol. The van der Waals surface area contributed by atoms with Crippen LogP contribution in [0.25, 0.3) is 0 Å². The minimum absolute atomic E-state index is 0.407. The van der Waals surface area contributed by atoms with E-state index in [0.29, 0.717) is 6.04 Å². The minimum atomic E-state index is 0.407. The summed E-state index contributed by atoms with van der Waals surface area (Å²) >= 11 is 0. The molecule has 0 saturated carbocycles. The number of benzene rings is 1. The zero-order valence-electron chi connectivity index (χ0n) is 9.80. The molecule has 1 heteroatoms. The van der Waals surface area contributed by atoms with Crippen LogP contribution < -0.4 is 5.32 Å². The second kappa shape index (κ2) is 6.27. The van der Waals surface area contributed by atoms with Gasteiger partial charge in [0, 0.05) is 19.0 Å². The molecular weight excluding hydrogens is 182 g/mol. The molecule has 1 N–H and O–H groups in total. The third-order valence-electron chi connectivity index (χ3n) is 2.53. The fraction of sp³-hybridized carbons (Fsp3) is 0.429.